The zero-order valence-electron chi connectivity index (χ0n) is 22.7. The van der Waals surface area contributed by atoms with Gasteiger partial charge in [-0.2, -0.15) is 0 Å². The number of carbonyl (C=O) groups is 1. The number of amides is 1. The highest BCUT2D eigenvalue weighted by Gasteiger charge is 2.32. The summed E-state index contributed by atoms with van der Waals surface area (Å²) in [4.78, 5) is 32.6. The number of para-hydroxylation sites is 1. The number of ether oxygens (including phenoxy) is 2. The van der Waals surface area contributed by atoms with E-state index in [1.165, 1.54) is 28.0 Å². The van der Waals surface area contributed by atoms with Gasteiger partial charge < -0.3 is 14.8 Å². The molecule has 1 aliphatic rings. The van der Waals surface area contributed by atoms with E-state index in [1.54, 1.807) is 61.5 Å². The molecule has 1 atom stereocenters. The van der Waals surface area contributed by atoms with Gasteiger partial charge in [0, 0.05) is 5.69 Å². The topological polar surface area (TPSA) is 81.9 Å². The van der Waals surface area contributed by atoms with E-state index in [-0.39, 0.29) is 22.8 Å². The molecule has 1 amide bonds. The van der Waals surface area contributed by atoms with Gasteiger partial charge in [0.05, 0.1) is 33.5 Å². The summed E-state index contributed by atoms with van der Waals surface area (Å²) in [6.07, 6.45) is 7.00. The second kappa shape index (κ2) is 12.5. The third-order valence-corrected chi connectivity index (χ3v) is 7.68. The van der Waals surface area contributed by atoms with Gasteiger partial charge in [0.1, 0.15) is 12.4 Å². The molecule has 1 aromatic heterocycles. The number of fused-ring (bicyclic) bond motifs is 1. The zero-order chi connectivity index (χ0) is 29.8. The van der Waals surface area contributed by atoms with Crippen LogP contribution in [-0.4, -0.2) is 23.7 Å². The van der Waals surface area contributed by atoms with E-state index < -0.39 is 17.8 Å². The fourth-order valence-electron chi connectivity index (χ4n) is 4.63. The summed E-state index contributed by atoms with van der Waals surface area (Å²) in [6.45, 7) is 3.92. The van der Waals surface area contributed by atoms with Crippen LogP contribution in [0.4, 0.5) is 10.1 Å². The summed E-state index contributed by atoms with van der Waals surface area (Å²) < 4.78 is 27.0. The summed E-state index contributed by atoms with van der Waals surface area (Å²) in [6, 6.07) is 17.2. The molecule has 2 heterocycles. The van der Waals surface area contributed by atoms with Crippen molar-refractivity contribution in [1.29, 1.82) is 0 Å². The lowest BCUT2D eigenvalue weighted by molar-refractivity contribution is -0.113. The number of terminal acetylenes is 1. The summed E-state index contributed by atoms with van der Waals surface area (Å²) in [5, 5.41) is 3.16. The van der Waals surface area contributed by atoms with E-state index in [0.29, 0.717) is 50.0 Å². The van der Waals surface area contributed by atoms with Crippen LogP contribution < -0.4 is 29.7 Å². The molecule has 1 aliphatic heterocycles. The van der Waals surface area contributed by atoms with Crippen LogP contribution in [0, 0.1) is 18.2 Å². The van der Waals surface area contributed by atoms with E-state index in [1.807, 2.05) is 13.0 Å². The van der Waals surface area contributed by atoms with Crippen LogP contribution in [0.1, 0.15) is 31.0 Å². The van der Waals surface area contributed by atoms with Gasteiger partial charge in [-0.3, -0.25) is 14.2 Å². The van der Waals surface area contributed by atoms with Crippen molar-refractivity contribution in [2.24, 2.45) is 4.99 Å². The maximum absolute atomic E-state index is 13.9. The standard InChI is InChI=1S/C32H25ClFN3O4S/c1-4-15-41-29-24(33)16-20(17-25(29)40-5-2)18-26-31(39)37-28(21-11-13-22(34)14-12-21)27(19(3)35-32(37)42-26)30(38)36-23-9-7-6-8-10-23/h1,6-14,16-18,28H,5,15H2,2-3H3,(H,36,38)/b26-18-/t28-/m1/s1. The number of anilines is 1. The number of allylic oxidation sites excluding steroid dienone is 1. The quantitative estimate of drug-likeness (QED) is 0.286. The molecule has 0 spiro atoms. The molecular formula is C32H25ClFN3O4S. The van der Waals surface area contributed by atoms with Gasteiger partial charge in [0.2, 0.25) is 0 Å². The van der Waals surface area contributed by atoms with Gasteiger partial charge in [-0.1, -0.05) is 59.2 Å². The minimum Gasteiger partial charge on any atom is -0.490 e. The Labute approximate surface area is 250 Å². The van der Waals surface area contributed by atoms with Crippen molar-refractivity contribution in [1.82, 2.24) is 4.57 Å². The molecule has 1 N–H and O–H groups in total. The summed E-state index contributed by atoms with van der Waals surface area (Å²) in [5.74, 6) is 2.26. The van der Waals surface area contributed by atoms with Crippen molar-refractivity contribution >= 4 is 40.6 Å². The first-order valence-corrected chi connectivity index (χ1v) is 14.2. The molecule has 7 nitrogen and oxygen atoms in total. The molecule has 3 aromatic carbocycles. The highest BCUT2D eigenvalue weighted by atomic mass is 35.5. The lowest BCUT2D eigenvalue weighted by Gasteiger charge is -2.25. The van der Waals surface area contributed by atoms with Crippen LogP contribution >= 0.6 is 22.9 Å². The van der Waals surface area contributed by atoms with Crippen LogP contribution in [0.15, 0.2) is 87.8 Å². The Morgan fingerprint density at radius 3 is 2.62 bits per heavy atom. The highest BCUT2D eigenvalue weighted by molar-refractivity contribution is 7.07. The smallest absolute Gasteiger partial charge is 0.271 e. The van der Waals surface area contributed by atoms with E-state index in [0.717, 1.165) is 0 Å². The average Bonchev–Trinajstić information content (AvgIpc) is 3.27. The molecule has 212 valence electrons. The second-order valence-corrected chi connectivity index (χ2v) is 10.6. The molecule has 0 radical (unpaired) electrons. The maximum Gasteiger partial charge on any atom is 0.271 e. The first-order valence-electron chi connectivity index (χ1n) is 13.0. The second-order valence-electron chi connectivity index (χ2n) is 9.21. The molecule has 10 heteroatoms. The van der Waals surface area contributed by atoms with Gasteiger partial charge >= 0.3 is 0 Å². The van der Waals surface area contributed by atoms with Crippen molar-refractivity contribution in [3.8, 4) is 23.8 Å². The fraction of sp³-hybridized carbons (Fsp3) is 0.156. The Morgan fingerprint density at radius 1 is 1.19 bits per heavy atom. The molecule has 0 unspecified atom stereocenters. The molecule has 0 bridgehead atoms. The lowest BCUT2D eigenvalue weighted by Crippen LogP contribution is -2.40. The summed E-state index contributed by atoms with van der Waals surface area (Å²) in [5.41, 5.74) is 2.11. The van der Waals surface area contributed by atoms with E-state index in [2.05, 4.69) is 16.2 Å². The monoisotopic (exact) mass is 601 g/mol. The Hall–Kier alpha value is -4.65. The van der Waals surface area contributed by atoms with Crippen LogP contribution in [-0.2, 0) is 4.79 Å². The van der Waals surface area contributed by atoms with Crippen molar-refractivity contribution in [3.63, 3.8) is 0 Å². The summed E-state index contributed by atoms with van der Waals surface area (Å²) in [7, 11) is 0. The average molecular weight is 602 g/mol. The lowest BCUT2D eigenvalue weighted by atomic mass is 9.95. The Balaban J connectivity index is 1.64. The number of thiazole rings is 1. The molecule has 4 aromatic rings. The number of hydrogen-bond donors (Lipinski definition) is 1. The number of rotatable bonds is 8. The molecule has 0 fully saturated rings. The normalized spacial score (nSPS) is 14.5. The fourth-order valence-corrected chi connectivity index (χ4v) is 5.95. The first kappa shape index (κ1) is 28.9. The molecule has 0 saturated carbocycles. The predicted octanol–water partition coefficient (Wildman–Crippen LogP) is 5.08. The van der Waals surface area contributed by atoms with E-state index >= 15 is 0 Å². The number of aromatic nitrogens is 1. The number of nitrogens with one attached hydrogen (secondary N) is 1. The van der Waals surface area contributed by atoms with Crippen LogP contribution in [0.2, 0.25) is 5.02 Å². The zero-order valence-corrected chi connectivity index (χ0v) is 24.3. The minimum atomic E-state index is -0.838. The maximum atomic E-state index is 13.9. The van der Waals surface area contributed by atoms with Crippen LogP contribution in [0.3, 0.4) is 0 Å². The van der Waals surface area contributed by atoms with Gasteiger partial charge in [-0.25, -0.2) is 9.38 Å². The first-order chi connectivity index (χ1) is 20.3. The molecule has 5 rings (SSSR count). The van der Waals surface area contributed by atoms with Crippen molar-refractivity contribution in [2.45, 2.75) is 19.9 Å². The van der Waals surface area contributed by atoms with Crippen LogP contribution in [0.25, 0.3) is 6.08 Å². The van der Waals surface area contributed by atoms with Crippen molar-refractivity contribution in [2.75, 3.05) is 18.5 Å². The number of nitrogens with zero attached hydrogens (tertiary/aromatic N) is 2. The van der Waals surface area contributed by atoms with Gasteiger partial charge in [-0.15, -0.1) is 6.42 Å². The predicted molar refractivity (Wildman–Crippen MR) is 162 cm³/mol. The van der Waals surface area contributed by atoms with Gasteiger partial charge in [0.15, 0.2) is 16.3 Å². The number of hydrogen-bond acceptors (Lipinski definition) is 6. The summed E-state index contributed by atoms with van der Waals surface area (Å²) >= 11 is 7.66. The van der Waals surface area contributed by atoms with Crippen molar-refractivity contribution in [3.05, 3.63) is 120 Å². The third kappa shape index (κ3) is 5.86. The van der Waals surface area contributed by atoms with Crippen LogP contribution in [0.5, 0.6) is 11.5 Å². The molecular weight excluding hydrogens is 577 g/mol. The number of benzene rings is 3. The SMILES string of the molecule is C#CCOc1c(Cl)cc(/C=c2\sc3n(c2=O)[C@H](c2ccc(F)cc2)C(C(=O)Nc2ccccc2)=C(C)N=3)cc1OCC. The Kier molecular flexibility index (Phi) is 8.57. The Morgan fingerprint density at radius 2 is 1.93 bits per heavy atom. The number of halogens is 2. The molecule has 0 saturated heterocycles. The molecule has 0 aliphatic carbocycles. The molecule has 42 heavy (non-hydrogen) atoms. The third-order valence-electron chi connectivity index (χ3n) is 6.41. The number of carbonyl (C=O) groups excluding carboxylic acids is 1. The minimum absolute atomic E-state index is 0.0145. The largest absolute Gasteiger partial charge is 0.490 e. The van der Waals surface area contributed by atoms with E-state index in [9.17, 15) is 14.0 Å². The van der Waals surface area contributed by atoms with Crippen molar-refractivity contribution < 1.29 is 18.7 Å². The Bertz CT molecular complexity index is 1910. The van der Waals surface area contributed by atoms with Gasteiger partial charge in [-0.05, 0) is 67.4 Å². The highest BCUT2D eigenvalue weighted by Crippen LogP contribution is 2.37. The van der Waals surface area contributed by atoms with Gasteiger partial charge in [0.25, 0.3) is 11.5 Å². The van der Waals surface area contributed by atoms with E-state index in [4.69, 9.17) is 27.5 Å².